The number of nitrogens with zero attached hydrogens (tertiary/aromatic N) is 2. The summed E-state index contributed by atoms with van der Waals surface area (Å²) in [6.07, 6.45) is -1.06. The number of carboxylic acid groups (broad SMARTS) is 1. The number of aromatic amines is 1. The van der Waals surface area contributed by atoms with Crippen molar-refractivity contribution in [2.45, 2.75) is 25.7 Å². The number of aromatic carboxylic acids is 1. The minimum absolute atomic E-state index is 0.0750. The summed E-state index contributed by atoms with van der Waals surface area (Å²) in [7, 11) is 0. The van der Waals surface area contributed by atoms with Crippen LogP contribution in [0.25, 0.3) is 0 Å². The summed E-state index contributed by atoms with van der Waals surface area (Å²) in [6, 6.07) is 0.874. The van der Waals surface area contributed by atoms with E-state index in [9.17, 15) is 22.8 Å². The van der Waals surface area contributed by atoms with Gasteiger partial charge in [0.2, 0.25) is 0 Å². The Labute approximate surface area is 127 Å². The van der Waals surface area contributed by atoms with Gasteiger partial charge in [-0.25, -0.2) is 9.89 Å². The number of anilines is 1. The third kappa shape index (κ3) is 3.90. The van der Waals surface area contributed by atoms with Crippen molar-refractivity contribution < 1.29 is 23.1 Å². The van der Waals surface area contributed by atoms with Crippen molar-refractivity contribution in [2.75, 3.05) is 5.32 Å². The number of halogens is 3. The van der Waals surface area contributed by atoms with E-state index in [0.29, 0.717) is 0 Å². The van der Waals surface area contributed by atoms with Crippen LogP contribution in [0.15, 0.2) is 29.5 Å². The first-order chi connectivity index (χ1) is 10.7. The minimum atomic E-state index is -4.82. The molecule has 124 valence electrons. The number of hydrogen-bond donors (Lipinski definition) is 3. The summed E-state index contributed by atoms with van der Waals surface area (Å²) in [5.41, 5.74) is -3.03. The highest BCUT2D eigenvalue weighted by atomic mass is 19.4. The van der Waals surface area contributed by atoms with E-state index in [0.717, 1.165) is 6.20 Å². The molecular formula is C13H13F3N4O3. The second-order valence-corrected chi connectivity index (χ2v) is 4.93. The lowest BCUT2D eigenvalue weighted by atomic mass is 10.2. The van der Waals surface area contributed by atoms with E-state index < -0.39 is 35.0 Å². The number of rotatable bonds is 5. The third-order valence-corrected chi connectivity index (χ3v) is 3.02. The molecule has 0 saturated heterocycles. The summed E-state index contributed by atoms with van der Waals surface area (Å²) in [5, 5.41) is 16.5. The first-order valence-corrected chi connectivity index (χ1v) is 6.49. The van der Waals surface area contributed by atoms with Crippen LogP contribution in [-0.4, -0.2) is 31.9 Å². The van der Waals surface area contributed by atoms with Crippen molar-refractivity contribution >= 4 is 11.7 Å². The van der Waals surface area contributed by atoms with E-state index in [1.54, 1.807) is 12.0 Å². The zero-order valence-electron chi connectivity index (χ0n) is 11.9. The Bertz CT molecular complexity index is 766. The van der Waals surface area contributed by atoms with E-state index in [-0.39, 0.29) is 12.1 Å². The Morgan fingerprint density at radius 2 is 2.22 bits per heavy atom. The summed E-state index contributed by atoms with van der Waals surface area (Å²) < 4.78 is 40.3. The fraction of sp³-hybridized carbons (Fsp3) is 0.308. The normalized spacial score (nSPS) is 12.9. The molecule has 0 aliphatic heterocycles. The van der Waals surface area contributed by atoms with Crippen LogP contribution in [0, 0.1) is 0 Å². The van der Waals surface area contributed by atoms with Crippen LogP contribution in [0.4, 0.5) is 18.9 Å². The highest BCUT2D eigenvalue weighted by molar-refractivity contribution is 5.87. The summed E-state index contributed by atoms with van der Waals surface area (Å²) in [4.78, 5) is 22.1. The molecule has 0 saturated carbocycles. The second kappa shape index (κ2) is 6.15. The molecule has 0 unspecified atom stereocenters. The largest absolute Gasteiger partial charge is 0.478 e. The van der Waals surface area contributed by atoms with Gasteiger partial charge in [0, 0.05) is 25.0 Å². The summed E-state index contributed by atoms with van der Waals surface area (Å²) in [6.45, 7) is 1.80. The van der Waals surface area contributed by atoms with Crippen LogP contribution in [0.1, 0.15) is 22.8 Å². The van der Waals surface area contributed by atoms with Crippen LogP contribution >= 0.6 is 0 Å². The van der Waals surface area contributed by atoms with Gasteiger partial charge in [-0.05, 0) is 13.0 Å². The van der Waals surface area contributed by atoms with Gasteiger partial charge in [0.05, 0.1) is 17.4 Å². The molecule has 0 aromatic carbocycles. The van der Waals surface area contributed by atoms with Crippen molar-refractivity contribution in [3.05, 3.63) is 46.1 Å². The van der Waals surface area contributed by atoms with Gasteiger partial charge in [-0.15, -0.1) is 0 Å². The fourth-order valence-corrected chi connectivity index (χ4v) is 2.10. The maximum atomic E-state index is 12.9. The Morgan fingerprint density at radius 1 is 1.52 bits per heavy atom. The van der Waals surface area contributed by atoms with Gasteiger partial charge < -0.3 is 15.0 Å². The predicted molar refractivity (Wildman–Crippen MR) is 74.3 cm³/mol. The molecule has 2 aromatic heterocycles. The van der Waals surface area contributed by atoms with E-state index in [1.807, 2.05) is 0 Å². The molecule has 0 spiro atoms. The van der Waals surface area contributed by atoms with Gasteiger partial charge in [0.25, 0.3) is 5.56 Å². The van der Waals surface area contributed by atoms with Crippen molar-refractivity contribution in [1.82, 2.24) is 14.8 Å². The van der Waals surface area contributed by atoms with E-state index in [1.165, 1.54) is 23.0 Å². The molecule has 1 atom stereocenters. The van der Waals surface area contributed by atoms with Crippen LogP contribution in [0.3, 0.4) is 0 Å². The monoisotopic (exact) mass is 330 g/mol. The molecule has 2 heterocycles. The highest BCUT2D eigenvalue weighted by Gasteiger charge is 2.37. The zero-order valence-corrected chi connectivity index (χ0v) is 11.9. The quantitative estimate of drug-likeness (QED) is 0.776. The molecule has 2 rings (SSSR count). The lowest BCUT2D eigenvalue weighted by Gasteiger charge is -2.18. The van der Waals surface area contributed by atoms with Crippen molar-refractivity contribution in [1.29, 1.82) is 0 Å². The van der Waals surface area contributed by atoms with Crippen molar-refractivity contribution in [3.63, 3.8) is 0 Å². The number of H-pyrrole nitrogens is 1. The minimum Gasteiger partial charge on any atom is -0.478 e. The number of carbonyl (C=O) groups is 1. The maximum Gasteiger partial charge on any atom is 0.423 e. The Morgan fingerprint density at radius 3 is 2.78 bits per heavy atom. The highest BCUT2D eigenvalue weighted by Crippen LogP contribution is 2.31. The number of aromatic nitrogens is 3. The van der Waals surface area contributed by atoms with E-state index in [4.69, 9.17) is 5.11 Å². The van der Waals surface area contributed by atoms with Crippen LogP contribution < -0.4 is 10.9 Å². The van der Waals surface area contributed by atoms with Gasteiger partial charge in [-0.2, -0.15) is 18.3 Å². The molecule has 7 nitrogen and oxygen atoms in total. The molecule has 0 aliphatic carbocycles. The topological polar surface area (TPSA) is 100 Å². The average Bonchev–Trinajstić information content (AvgIpc) is 2.85. The molecule has 0 radical (unpaired) electrons. The molecular weight excluding hydrogens is 317 g/mol. The van der Waals surface area contributed by atoms with Gasteiger partial charge in [-0.3, -0.25) is 4.79 Å². The number of alkyl halides is 3. The molecule has 3 N–H and O–H groups in total. The van der Waals surface area contributed by atoms with Gasteiger partial charge in [0.15, 0.2) is 0 Å². The Hall–Kier alpha value is -2.78. The molecule has 0 aliphatic rings. The number of nitrogens with one attached hydrogen (secondary N) is 2. The second-order valence-electron chi connectivity index (χ2n) is 4.93. The van der Waals surface area contributed by atoms with Crippen molar-refractivity contribution in [3.8, 4) is 0 Å². The first kappa shape index (κ1) is 16.6. The molecule has 0 amide bonds. The molecule has 2 aromatic rings. The Kier molecular flexibility index (Phi) is 4.43. The van der Waals surface area contributed by atoms with Crippen LogP contribution in [-0.2, 0) is 12.7 Å². The summed E-state index contributed by atoms with van der Waals surface area (Å²) >= 11 is 0. The smallest absolute Gasteiger partial charge is 0.423 e. The van der Waals surface area contributed by atoms with Gasteiger partial charge in [0.1, 0.15) is 5.56 Å². The first-order valence-electron chi connectivity index (χ1n) is 6.49. The zero-order chi connectivity index (χ0) is 17.2. The standard InChI is InChI=1S/C13H13F3N4O3/c1-7(5-20-3-2-8(6-20)12(22)23)18-9-4-17-19-11(21)10(9)13(14,15)16/h2-4,6-7H,5H2,1H3,(H,22,23)(H2,18,19,21)/t7-/m0/s1. The van der Waals surface area contributed by atoms with Crippen molar-refractivity contribution in [2.24, 2.45) is 0 Å². The lowest BCUT2D eigenvalue weighted by molar-refractivity contribution is -0.138. The molecule has 10 heteroatoms. The third-order valence-electron chi connectivity index (χ3n) is 3.02. The SMILES string of the molecule is C[C@@H](Cn1ccc(C(=O)O)c1)Nc1cn[nH]c(=O)c1C(F)(F)F. The molecule has 23 heavy (non-hydrogen) atoms. The van der Waals surface area contributed by atoms with E-state index in [2.05, 4.69) is 10.4 Å². The summed E-state index contributed by atoms with van der Waals surface area (Å²) in [5.74, 6) is -1.09. The van der Waals surface area contributed by atoms with Gasteiger partial charge in [-0.1, -0.05) is 0 Å². The predicted octanol–water partition coefficient (Wildman–Crippen LogP) is 1.79. The number of hydrogen-bond acceptors (Lipinski definition) is 4. The average molecular weight is 330 g/mol. The van der Waals surface area contributed by atoms with E-state index >= 15 is 0 Å². The maximum absolute atomic E-state index is 12.9. The molecule has 0 fully saturated rings. The lowest BCUT2D eigenvalue weighted by Crippen LogP contribution is -2.28. The Balaban J connectivity index is 2.17. The van der Waals surface area contributed by atoms with Gasteiger partial charge >= 0.3 is 12.1 Å². The molecule has 0 bridgehead atoms. The number of carboxylic acids is 1. The van der Waals surface area contributed by atoms with Crippen LogP contribution in [0.5, 0.6) is 0 Å². The van der Waals surface area contributed by atoms with Crippen LogP contribution in [0.2, 0.25) is 0 Å². The fourth-order valence-electron chi connectivity index (χ4n) is 2.10.